The molecule has 1 fully saturated rings. The monoisotopic (exact) mass is 463 g/mol. The third-order valence-electron chi connectivity index (χ3n) is 5.01. The molecule has 0 saturated heterocycles. The van der Waals surface area contributed by atoms with Gasteiger partial charge in [0.1, 0.15) is 5.82 Å². The van der Waals surface area contributed by atoms with Crippen molar-refractivity contribution in [3.63, 3.8) is 0 Å². The van der Waals surface area contributed by atoms with Crippen molar-refractivity contribution in [1.82, 2.24) is 9.97 Å². The molecule has 8 nitrogen and oxygen atoms in total. The molecule has 1 aromatic heterocycles. The summed E-state index contributed by atoms with van der Waals surface area (Å²) in [7, 11) is 0. The fourth-order valence-corrected chi connectivity index (χ4v) is 3.89. The van der Waals surface area contributed by atoms with Crippen molar-refractivity contribution in [2.75, 3.05) is 6.61 Å². The summed E-state index contributed by atoms with van der Waals surface area (Å²) >= 11 is 3.27. The van der Waals surface area contributed by atoms with E-state index in [2.05, 4.69) is 35.9 Å². The van der Waals surface area contributed by atoms with Crippen molar-refractivity contribution < 1.29 is 19.0 Å². The number of halogens is 2. The summed E-state index contributed by atoms with van der Waals surface area (Å²) in [5.41, 5.74) is 8.41. The van der Waals surface area contributed by atoms with Crippen LogP contribution >= 0.6 is 15.9 Å². The summed E-state index contributed by atoms with van der Waals surface area (Å²) in [6, 6.07) is 3.68. The van der Waals surface area contributed by atoms with Crippen LogP contribution in [0.4, 0.5) is 4.39 Å². The predicted molar refractivity (Wildman–Crippen MR) is 106 cm³/mol. The van der Waals surface area contributed by atoms with Crippen molar-refractivity contribution in [1.29, 1.82) is 0 Å². The van der Waals surface area contributed by atoms with Crippen molar-refractivity contribution in [3.8, 4) is 11.4 Å². The first-order valence-electron chi connectivity index (χ1n) is 9.04. The lowest BCUT2D eigenvalue weighted by Crippen LogP contribution is -2.34. The Hall–Kier alpha value is -2.55. The van der Waals surface area contributed by atoms with Crippen LogP contribution in [0.1, 0.15) is 25.3 Å². The molecule has 0 spiro atoms. The number of nitrogens with zero attached hydrogens (tertiary/aromatic N) is 5. The minimum absolute atomic E-state index is 0.00343. The highest BCUT2D eigenvalue weighted by Crippen LogP contribution is 2.44. The van der Waals surface area contributed by atoms with E-state index in [9.17, 15) is 14.3 Å². The van der Waals surface area contributed by atoms with E-state index in [0.29, 0.717) is 15.9 Å². The zero-order valence-corrected chi connectivity index (χ0v) is 17.2. The molecule has 0 radical (unpaired) electrons. The van der Waals surface area contributed by atoms with Gasteiger partial charge in [-0.15, -0.1) is 0 Å². The quantitative estimate of drug-likeness (QED) is 0.300. The van der Waals surface area contributed by atoms with Crippen LogP contribution in [0.3, 0.4) is 0 Å². The number of carbonyl (C=O) groups excluding carboxylic acids is 1. The number of ether oxygens (including phenoxy) is 1. The van der Waals surface area contributed by atoms with Crippen LogP contribution in [0.2, 0.25) is 0 Å². The number of azide groups is 1. The van der Waals surface area contributed by atoms with Crippen LogP contribution in [-0.2, 0) is 16.0 Å². The summed E-state index contributed by atoms with van der Waals surface area (Å²) in [5.74, 6) is -0.617. The summed E-state index contributed by atoms with van der Waals surface area (Å²) in [6.07, 6.45) is 2.27. The van der Waals surface area contributed by atoms with E-state index < -0.39 is 29.3 Å². The summed E-state index contributed by atoms with van der Waals surface area (Å²) in [5, 5.41) is 13.9. The molecule has 1 heterocycles. The molecular weight excluding hydrogens is 445 g/mol. The van der Waals surface area contributed by atoms with E-state index >= 15 is 0 Å². The molecule has 1 N–H and O–H groups in total. The van der Waals surface area contributed by atoms with Crippen molar-refractivity contribution in [3.05, 3.63) is 56.9 Å². The Morgan fingerprint density at radius 2 is 2.17 bits per heavy atom. The minimum Gasteiger partial charge on any atom is -0.466 e. The standard InChI is InChI=1S/C19H19BrFN5O3/c1-2-29-18(28)19(7-15(25-26-22)16(27)8-19)6-12-5-11(3-4-14(12)21)17-23-9-13(20)10-24-17/h3-5,9-10,15-16,27H,2,6-8H2,1H3/t15-,16-,19-/m1/s1. The number of aliphatic hydroxyl groups is 1. The third-order valence-corrected chi connectivity index (χ3v) is 5.41. The highest BCUT2D eigenvalue weighted by Gasteiger charge is 2.51. The van der Waals surface area contributed by atoms with Crippen LogP contribution in [0.25, 0.3) is 21.8 Å². The second-order valence-electron chi connectivity index (χ2n) is 6.96. The molecule has 1 saturated carbocycles. The maximum atomic E-state index is 14.6. The molecule has 3 atom stereocenters. The van der Waals surface area contributed by atoms with E-state index in [0.717, 1.165) is 0 Å². The molecule has 3 rings (SSSR count). The van der Waals surface area contributed by atoms with Gasteiger partial charge < -0.3 is 9.84 Å². The van der Waals surface area contributed by atoms with Crippen LogP contribution in [0.15, 0.2) is 40.2 Å². The Morgan fingerprint density at radius 3 is 2.83 bits per heavy atom. The lowest BCUT2D eigenvalue weighted by atomic mass is 9.79. The molecule has 152 valence electrons. The van der Waals surface area contributed by atoms with Crippen molar-refractivity contribution in [2.45, 2.75) is 38.3 Å². The summed E-state index contributed by atoms with van der Waals surface area (Å²) < 4.78 is 20.5. The molecule has 29 heavy (non-hydrogen) atoms. The lowest BCUT2D eigenvalue weighted by Gasteiger charge is -2.27. The Balaban J connectivity index is 1.97. The van der Waals surface area contributed by atoms with Gasteiger partial charge in [0.2, 0.25) is 0 Å². The van der Waals surface area contributed by atoms with Gasteiger partial charge in [-0.3, -0.25) is 4.79 Å². The first-order chi connectivity index (χ1) is 13.9. The van der Waals surface area contributed by atoms with E-state index in [-0.39, 0.29) is 31.4 Å². The van der Waals surface area contributed by atoms with E-state index in [1.807, 2.05) is 0 Å². The summed E-state index contributed by atoms with van der Waals surface area (Å²) in [4.78, 5) is 23.9. The van der Waals surface area contributed by atoms with Gasteiger partial charge in [0, 0.05) is 22.9 Å². The first kappa shape index (κ1) is 21.2. The number of rotatable bonds is 6. The first-order valence-corrected chi connectivity index (χ1v) is 9.83. The van der Waals surface area contributed by atoms with Crippen molar-refractivity contribution in [2.24, 2.45) is 10.5 Å². The number of esters is 1. The lowest BCUT2D eigenvalue weighted by molar-refractivity contribution is -0.155. The average Bonchev–Trinajstić information content (AvgIpc) is 3.01. The zero-order valence-electron chi connectivity index (χ0n) is 15.6. The van der Waals surface area contributed by atoms with Gasteiger partial charge in [-0.05, 0) is 71.4 Å². The number of hydrogen-bond donors (Lipinski definition) is 1. The predicted octanol–water partition coefficient (Wildman–Crippen LogP) is 3.97. The SMILES string of the molecule is CCOC(=O)[C@@]1(Cc2cc(-c3ncc(Br)cn3)ccc2F)C[C@@H](O)[C@H](N=[N+]=[N-])C1. The van der Waals surface area contributed by atoms with Gasteiger partial charge >= 0.3 is 5.97 Å². The van der Waals surface area contributed by atoms with Gasteiger partial charge in [0.15, 0.2) is 5.82 Å². The Bertz CT molecular complexity index is 951. The maximum absolute atomic E-state index is 14.6. The smallest absolute Gasteiger partial charge is 0.312 e. The Kier molecular flexibility index (Phi) is 6.46. The Morgan fingerprint density at radius 1 is 1.45 bits per heavy atom. The molecule has 0 bridgehead atoms. The molecule has 0 amide bonds. The third kappa shape index (κ3) is 4.55. The molecule has 1 aliphatic carbocycles. The number of carbonyl (C=O) groups is 1. The number of hydrogen-bond acceptors (Lipinski definition) is 6. The van der Waals surface area contributed by atoms with E-state index in [1.165, 1.54) is 6.07 Å². The maximum Gasteiger partial charge on any atom is 0.312 e. The summed E-state index contributed by atoms with van der Waals surface area (Å²) in [6.45, 7) is 1.83. The van der Waals surface area contributed by atoms with Crippen LogP contribution in [0.5, 0.6) is 0 Å². The minimum atomic E-state index is -1.19. The molecule has 2 aromatic rings. The molecule has 1 aromatic carbocycles. The largest absolute Gasteiger partial charge is 0.466 e. The van der Waals surface area contributed by atoms with Gasteiger partial charge in [-0.2, -0.15) is 0 Å². The normalized spacial score (nSPS) is 23.4. The highest BCUT2D eigenvalue weighted by atomic mass is 79.9. The topological polar surface area (TPSA) is 121 Å². The number of benzene rings is 1. The van der Waals surface area contributed by atoms with Gasteiger partial charge in [0.05, 0.1) is 28.6 Å². The molecule has 1 aliphatic rings. The number of aromatic nitrogens is 2. The fraction of sp³-hybridized carbons (Fsp3) is 0.421. The van der Waals surface area contributed by atoms with Gasteiger partial charge in [-0.25, -0.2) is 14.4 Å². The van der Waals surface area contributed by atoms with E-state index in [4.69, 9.17) is 10.3 Å². The number of aliphatic hydroxyl groups excluding tert-OH is 1. The highest BCUT2D eigenvalue weighted by molar-refractivity contribution is 9.10. The van der Waals surface area contributed by atoms with E-state index in [1.54, 1.807) is 31.5 Å². The zero-order chi connectivity index (χ0) is 21.0. The Labute approximate surface area is 174 Å². The van der Waals surface area contributed by atoms with Gasteiger partial charge in [-0.1, -0.05) is 5.11 Å². The van der Waals surface area contributed by atoms with Crippen LogP contribution in [0, 0.1) is 11.2 Å². The second-order valence-corrected chi connectivity index (χ2v) is 7.87. The second kappa shape index (κ2) is 8.86. The molecule has 10 heteroatoms. The van der Waals surface area contributed by atoms with Crippen LogP contribution < -0.4 is 0 Å². The van der Waals surface area contributed by atoms with Crippen LogP contribution in [-0.4, -0.2) is 39.8 Å². The fourth-order valence-electron chi connectivity index (χ4n) is 3.68. The molecular formula is C19H19BrFN5O3. The molecule has 0 aliphatic heterocycles. The van der Waals surface area contributed by atoms with Gasteiger partial charge in [0.25, 0.3) is 0 Å². The average molecular weight is 464 g/mol. The van der Waals surface area contributed by atoms with Crippen molar-refractivity contribution >= 4 is 21.9 Å². The molecule has 0 unspecified atom stereocenters.